The third-order valence-electron chi connectivity index (χ3n) is 4.23. The Balaban J connectivity index is 1.81. The van der Waals surface area contributed by atoms with E-state index >= 15 is 0 Å². The molecular weight excluding hydrogens is 411 g/mol. The number of halogens is 2. The van der Waals surface area contributed by atoms with Crippen molar-refractivity contribution in [3.63, 3.8) is 0 Å². The number of hydrogen-bond donors (Lipinski definition) is 1. The lowest BCUT2D eigenvalue weighted by molar-refractivity contribution is -0.135. The van der Waals surface area contributed by atoms with Crippen LogP contribution in [-0.2, 0) is 9.53 Å². The van der Waals surface area contributed by atoms with Gasteiger partial charge in [0.25, 0.3) is 0 Å². The van der Waals surface area contributed by atoms with E-state index in [1.165, 1.54) is 7.11 Å². The first kappa shape index (κ1) is 20.8. The first-order valence-electron chi connectivity index (χ1n) is 8.81. The van der Waals surface area contributed by atoms with E-state index < -0.39 is 5.97 Å². The van der Waals surface area contributed by atoms with Crippen molar-refractivity contribution in [1.82, 2.24) is 10.4 Å². The summed E-state index contributed by atoms with van der Waals surface area (Å²) in [4.78, 5) is 12.1. The third kappa shape index (κ3) is 5.34. The first-order chi connectivity index (χ1) is 14.0. The van der Waals surface area contributed by atoms with E-state index in [9.17, 15) is 4.79 Å². The van der Waals surface area contributed by atoms with Crippen LogP contribution in [0.4, 0.5) is 0 Å². The van der Waals surface area contributed by atoms with Gasteiger partial charge in [0.1, 0.15) is 5.75 Å². The summed E-state index contributed by atoms with van der Waals surface area (Å²) in [6.45, 7) is 0.518. The van der Waals surface area contributed by atoms with Crippen LogP contribution >= 0.6 is 23.2 Å². The number of hydrogen-bond acceptors (Lipinski definition) is 5. The lowest BCUT2D eigenvalue weighted by Gasteiger charge is -2.28. The van der Waals surface area contributed by atoms with Gasteiger partial charge in [-0.1, -0.05) is 47.5 Å². The van der Waals surface area contributed by atoms with Crippen LogP contribution in [0.15, 0.2) is 66.4 Å². The van der Waals surface area contributed by atoms with E-state index in [2.05, 4.69) is 5.43 Å². The molecule has 0 radical (unpaired) electrons. The van der Waals surface area contributed by atoms with Gasteiger partial charge in [-0.05, 0) is 42.0 Å². The second-order valence-electron chi connectivity index (χ2n) is 6.20. The summed E-state index contributed by atoms with van der Waals surface area (Å²) in [7, 11) is 2.92. The molecule has 1 N–H and O–H groups in total. The normalized spacial score (nSPS) is 13.6. The van der Waals surface area contributed by atoms with Crippen molar-refractivity contribution >= 4 is 40.9 Å². The Morgan fingerprint density at radius 3 is 2.55 bits per heavy atom. The van der Waals surface area contributed by atoms with Gasteiger partial charge >= 0.3 is 5.97 Å². The molecule has 0 bridgehead atoms. The molecule has 3 rings (SSSR count). The molecule has 150 valence electrons. The predicted octanol–water partition coefficient (Wildman–Crippen LogP) is 4.93. The molecule has 0 spiro atoms. The Hall–Kier alpha value is -2.89. The Morgan fingerprint density at radius 2 is 1.90 bits per heavy atom. The summed E-state index contributed by atoms with van der Waals surface area (Å²) in [5.41, 5.74) is 6.27. The zero-order chi connectivity index (χ0) is 20.8. The fourth-order valence-electron chi connectivity index (χ4n) is 2.77. The number of nitrogens with one attached hydrogen (secondary N) is 1. The maximum absolute atomic E-state index is 12.1. The molecule has 0 aromatic heterocycles. The highest BCUT2D eigenvalue weighted by atomic mass is 35.5. The monoisotopic (exact) mass is 430 g/mol. The van der Waals surface area contributed by atoms with Gasteiger partial charge in [-0.25, -0.2) is 4.79 Å². The topological polar surface area (TPSA) is 50.8 Å². The van der Waals surface area contributed by atoms with Crippen LogP contribution in [0.3, 0.4) is 0 Å². The van der Waals surface area contributed by atoms with E-state index in [1.807, 2.05) is 42.5 Å². The van der Waals surface area contributed by atoms with Crippen LogP contribution in [0.2, 0.25) is 10.0 Å². The van der Waals surface area contributed by atoms with E-state index in [0.29, 0.717) is 27.9 Å². The summed E-state index contributed by atoms with van der Waals surface area (Å²) in [5.74, 6) is 0.161. The number of esters is 1. The van der Waals surface area contributed by atoms with Crippen LogP contribution in [0.25, 0.3) is 11.8 Å². The standard InChI is InChI=1S/C22H20Cl2N2O3/c1-28-21-10-7-16(12-19(21)24)20-13-17(22(27)29-2)14-26(25-20)11-3-4-15-5-8-18(23)9-6-15/h3-10,12-14,25H,11H2,1-2H3. The zero-order valence-corrected chi connectivity index (χ0v) is 17.5. The molecule has 1 aliphatic rings. The molecule has 0 aliphatic carbocycles. The largest absolute Gasteiger partial charge is 0.495 e. The molecule has 2 aromatic carbocycles. The van der Waals surface area contributed by atoms with Gasteiger partial charge in [0.05, 0.1) is 37.1 Å². The fourth-order valence-corrected chi connectivity index (χ4v) is 3.15. The molecule has 5 nitrogen and oxygen atoms in total. The molecular formula is C22H20Cl2N2O3. The van der Waals surface area contributed by atoms with Crippen molar-refractivity contribution in [1.29, 1.82) is 0 Å². The van der Waals surface area contributed by atoms with Crippen molar-refractivity contribution < 1.29 is 14.3 Å². The Morgan fingerprint density at radius 1 is 1.14 bits per heavy atom. The van der Waals surface area contributed by atoms with Crippen molar-refractivity contribution in [3.8, 4) is 5.75 Å². The van der Waals surface area contributed by atoms with Crippen LogP contribution in [0.1, 0.15) is 11.1 Å². The van der Waals surface area contributed by atoms with E-state index in [4.69, 9.17) is 32.7 Å². The van der Waals surface area contributed by atoms with Gasteiger partial charge in [-0.2, -0.15) is 0 Å². The number of benzene rings is 2. The minimum absolute atomic E-state index is 0.421. The lowest BCUT2D eigenvalue weighted by Crippen LogP contribution is -2.35. The molecule has 29 heavy (non-hydrogen) atoms. The summed E-state index contributed by atoms with van der Waals surface area (Å²) in [6, 6.07) is 13.0. The summed E-state index contributed by atoms with van der Waals surface area (Å²) in [5, 5.41) is 2.97. The maximum Gasteiger partial charge on any atom is 0.339 e. The zero-order valence-electron chi connectivity index (χ0n) is 16.0. The molecule has 0 amide bonds. The van der Waals surface area contributed by atoms with Crippen molar-refractivity contribution in [2.75, 3.05) is 20.8 Å². The molecule has 1 aliphatic heterocycles. The Labute approximate surface area is 179 Å². The Bertz CT molecular complexity index is 982. The molecule has 0 fully saturated rings. The number of rotatable bonds is 6. The van der Waals surface area contributed by atoms with Crippen molar-refractivity contribution in [2.24, 2.45) is 0 Å². The number of hydrazine groups is 1. The van der Waals surface area contributed by atoms with Crippen LogP contribution in [-0.4, -0.2) is 31.7 Å². The second-order valence-corrected chi connectivity index (χ2v) is 7.05. The second kappa shape index (κ2) is 9.54. The number of methoxy groups -OCH3 is 2. The molecule has 7 heteroatoms. The minimum atomic E-state index is -0.421. The van der Waals surface area contributed by atoms with Crippen LogP contribution in [0.5, 0.6) is 5.75 Å². The van der Waals surface area contributed by atoms with Gasteiger partial charge in [-0.3, -0.25) is 10.4 Å². The number of carbonyl (C=O) groups excluding carboxylic acids is 1. The average molecular weight is 431 g/mol. The average Bonchev–Trinajstić information content (AvgIpc) is 2.74. The molecule has 0 unspecified atom stereocenters. The highest BCUT2D eigenvalue weighted by Crippen LogP contribution is 2.29. The summed E-state index contributed by atoms with van der Waals surface area (Å²) < 4.78 is 10.1. The van der Waals surface area contributed by atoms with Gasteiger partial charge in [0, 0.05) is 16.8 Å². The highest BCUT2D eigenvalue weighted by Gasteiger charge is 2.18. The Kier molecular flexibility index (Phi) is 6.86. The fraction of sp³-hybridized carbons (Fsp3) is 0.136. The highest BCUT2D eigenvalue weighted by molar-refractivity contribution is 6.32. The van der Waals surface area contributed by atoms with Crippen molar-refractivity contribution in [3.05, 3.63) is 87.6 Å². The quantitative estimate of drug-likeness (QED) is 0.658. The number of ether oxygens (including phenoxy) is 2. The van der Waals surface area contributed by atoms with E-state index in [-0.39, 0.29) is 0 Å². The number of carbonyl (C=O) groups is 1. The van der Waals surface area contributed by atoms with Crippen LogP contribution in [0, 0.1) is 0 Å². The molecule has 0 atom stereocenters. The number of nitrogens with zero attached hydrogens (tertiary/aromatic N) is 1. The van der Waals surface area contributed by atoms with Gasteiger partial charge in [-0.15, -0.1) is 0 Å². The molecule has 2 aromatic rings. The minimum Gasteiger partial charge on any atom is -0.495 e. The van der Waals surface area contributed by atoms with E-state index in [1.54, 1.807) is 36.5 Å². The lowest BCUT2D eigenvalue weighted by atomic mass is 10.1. The molecule has 1 heterocycles. The summed E-state index contributed by atoms with van der Waals surface area (Å²) >= 11 is 12.2. The SMILES string of the molecule is COC(=O)C1=CN(CC=Cc2ccc(Cl)cc2)NC(c2ccc(OC)c(Cl)c2)=C1. The summed E-state index contributed by atoms with van der Waals surface area (Å²) in [6.07, 6.45) is 7.38. The molecule has 0 saturated heterocycles. The molecule has 0 saturated carbocycles. The van der Waals surface area contributed by atoms with Crippen LogP contribution < -0.4 is 10.2 Å². The van der Waals surface area contributed by atoms with Crippen molar-refractivity contribution in [2.45, 2.75) is 0 Å². The smallest absolute Gasteiger partial charge is 0.339 e. The van der Waals surface area contributed by atoms with Gasteiger partial charge in [0.15, 0.2) is 0 Å². The van der Waals surface area contributed by atoms with E-state index in [0.717, 1.165) is 16.8 Å². The predicted molar refractivity (Wildman–Crippen MR) is 116 cm³/mol. The van der Waals surface area contributed by atoms with Gasteiger partial charge in [0.2, 0.25) is 0 Å². The first-order valence-corrected chi connectivity index (χ1v) is 9.57. The van der Waals surface area contributed by atoms with Gasteiger partial charge < -0.3 is 9.47 Å². The third-order valence-corrected chi connectivity index (χ3v) is 4.77. The maximum atomic E-state index is 12.1.